The minimum Gasteiger partial charge on any atom is -0.460 e. The molecule has 1 N–H and O–H groups in total. The molecule has 2 rings (SSSR count). The van der Waals surface area contributed by atoms with Gasteiger partial charge < -0.3 is 10.1 Å². The van der Waals surface area contributed by atoms with Crippen molar-refractivity contribution in [2.45, 2.75) is 13.0 Å². The van der Waals surface area contributed by atoms with Crippen LogP contribution in [-0.2, 0) is 27.4 Å². The topological polar surface area (TPSA) is 55.4 Å². The van der Waals surface area contributed by atoms with E-state index >= 15 is 0 Å². The summed E-state index contributed by atoms with van der Waals surface area (Å²) in [4.78, 5) is 23.9. The van der Waals surface area contributed by atoms with Crippen molar-refractivity contribution in [3.63, 3.8) is 0 Å². The Morgan fingerprint density at radius 3 is 2.12 bits per heavy atom. The molecule has 24 heavy (non-hydrogen) atoms. The third kappa shape index (κ3) is 6.05. The Bertz CT molecular complexity index is 646. The molecule has 0 aliphatic carbocycles. The molecule has 5 heteroatoms. The maximum Gasteiger partial charge on any atom is 0.325 e. The summed E-state index contributed by atoms with van der Waals surface area (Å²) in [6.45, 7) is 0.0341. The zero-order valence-corrected chi connectivity index (χ0v) is 14.0. The fraction of sp³-hybridized carbons (Fsp3) is 0.263. The normalized spacial score (nSPS) is 11.5. The van der Waals surface area contributed by atoms with Gasteiger partial charge in [0.1, 0.15) is 13.2 Å². The van der Waals surface area contributed by atoms with Gasteiger partial charge in [0.15, 0.2) is 0 Å². The molecule has 1 atom stereocenters. The lowest BCUT2D eigenvalue weighted by molar-refractivity contribution is -0.145. The summed E-state index contributed by atoms with van der Waals surface area (Å²) in [6, 6.07) is 19.0. The van der Waals surface area contributed by atoms with Gasteiger partial charge in [0.05, 0.1) is 5.92 Å². The van der Waals surface area contributed by atoms with Gasteiger partial charge in [0, 0.05) is 5.88 Å². The van der Waals surface area contributed by atoms with Crippen molar-refractivity contribution < 1.29 is 14.3 Å². The highest BCUT2D eigenvalue weighted by molar-refractivity contribution is 6.19. The van der Waals surface area contributed by atoms with Crippen LogP contribution in [-0.4, -0.2) is 24.3 Å². The quantitative estimate of drug-likeness (QED) is 0.591. The molecule has 0 bridgehead atoms. The van der Waals surface area contributed by atoms with E-state index in [0.29, 0.717) is 6.42 Å². The zero-order valence-electron chi connectivity index (χ0n) is 13.3. The standard InChI is InChI=1S/C19H20ClNO3/c20-12-17(11-15-7-3-1-4-8-15)19(23)21-13-18(22)24-14-16-9-5-2-6-10-16/h1-10,17H,11-14H2,(H,21,23)/t17-/m1/s1. The molecule has 0 fully saturated rings. The number of hydrogen-bond acceptors (Lipinski definition) is 3. The second kappa shape index (κ2) is 9.73. The molecule has 1 amide bonds. The van der Waals surface area contributed by atoms with Crippen LogP contribution in [0.15, 0.2) is 60.7 Å². The van der Waals surface area contributed by atoms with Crippen molar-refractivity contribution >= 4 is 23.5 Å². The summed E-state index contributed by atoms with van der Waals surface area (Å²) in [7, 11) is 0. The predicted octanol–water partition coefficient (Wildman–Crippen LogP) is 2.94. The number of esters is 1. The van der Waals surface area contributed by atoms with Gasteiger partial charge in [-0.05, 0) is 17.5 Å². The summed E-state index contributed by atoms with van der Waals surface area (Å²) >= 11 is 5.89. The maximum atomic E-state index is 12.2. The number of carbonyl (C=O) groups excluding carboxylic acids is 2. The highest BCUT2D eigenvalue weighted by Gasteiger charge is 2.18. The van der Waals surface area contributed by atoms with E-state index in [0.717, 1.165) is 11.1 Å². The largest absolute Gasteiger partial charge is 0.460 e. The van der Waals surface area contributed by atoms with E-state index in [1.54, 1.807) is 0 Å². The molecule has 0 spiro atoms. The molecule has 0 aromatic heterocycles. The molecule has 0 aliphatic rings. The molecule has 0 aliphatic heterocycles. The van der Waals surface area contributed by atoms with Crippen LogP contribution in [0.1, 0.15) is 11.1 Å². The van der Waals surface area contributed by atoms with Crippen molar-refractivity contribution in [2.75, 3.05) is 12.4 Å². The molecule has 4 nitrogen and oxygen atoms in total. The van der Waals surface area contributed by atoms with Gasteiger partial charge in [-0.15, -0.1) is 11.6 Å². The number of nitrogens with one attached hydrogen (secondary N) is 1. The van der Waals surface area contributed by atoms with Gasteiger partial charge in [-0.2, -0.15) is 0 Å². The number of halogens is 1. The number of hydrogen-bond donors (Lipinski definition) is 1. The lowest BCUT2D eigenvalue weighted by Crippen LogP contribution is -2.37. The fourth-order valence-electron chi connectivity index (χ4n) is 2.21. The molecular weight excluding hydrogens is 326 g/mol. The lowest BCUT2D eigenvalue weighted by atomic mass is 10.0. The van der Waals surface area contributed by atoms with Crippen molar-refractivity contribution in [1.29, 1.82) is 0 Å². The van der Waals surface area contributed by atoms with Crippen LogP contribution in [0.3, 0.4) is 0 Å². The van der Waals surface area contributed by atoms with Crippen molar-refractivity contribution in [3.05, 3.63) is 71.8 Å². The Balaban J connectivity index is 1.75. The van der Waals surface area contributed by atoms with Crippen LogP contribution in [0.4, 0.5) is 0 Å². The second-order valence-electron chi connectivity index (χ2n) is 5.41. The Hall–Kier alpha value is -2.33. The highest BCUT2D eigenvalue weighted by Crippen LogP contribution is 2.10. The van der Waals surface area contributed by atoms with Crippen molar-refractivity contribution in [3.8, 4) is 0 Å². The Morgan fingerprint density at radius 1 is 0.958 bits per heavy atom. The van der Waals surface area contributed by atoms with E-state index < -0.39 is 5.97 Å². The number of rotatable bonds is 8. The summed E-state index contributed by atoms with van der Waals surface area (Å²) in [5.74, 6) is -0.901. The number of carbonyl (C=O) groups is 2. The first-order valence-corrected chi connectivity index (χ1v) is 8.29. The SMILES string of the molecule is O=C(CNC(=O)[C@@H](CCl)Cc1ccccc1)OCc1ccccc1. The van der Waals surface area contributed by atoms with Gasteiger partial charge >= 0.3 is 5.97 Å². The van der Waals surface area contributed by atoms with Gasteiger partial charge in [0.25, 0.3) is 0 Å². The first-order chi connectivity index (χ1) is 11.7. The number of ether oxygens (including phenoxy) is 1. The average molecular weight is 346 g/mol. The third-order valence-corrected chi connectivity index (χ3v) is 3.90. The Labute approximate surface area is 146 Å². The molecule has 0 heterocycles. The van der Waals surface area contributed by atoms with Crippen LogP contribution in [0, 0.1) is 5.92 Å². The van der Waals surface area contributed by atoms with Gasteiger partial charge in [-0.25, -0.2) is 0 Å². The molecule has 0 saturated heterocycles. The summed E-state index contributed by atoms with van der Waals surface area (Å²) < 4.78 is 5.12. The van der Waals surface area contributed by atoms with E-state index in [2.05, 4.69) is 5.32 Å². The number of benzene rings is 2. The van der Waals surface area contributed by atoms with Crippen LogP contribution in [0.5, 0.6) is 0 Å². The van der Waals surface area contributed by atoms with Gasteiger partial charge in [-0.1, -0.05) is 60.7 Å². The number of amides is 1. The molecule has 2 aromatic rings. The van der Waals surface area contributed by atoms with Crippen LogP contribution >= 0.6 is 11.6 Å². The third-order valence-electron chi connectivity index (χ3n) is 3.53. The lowest BCUT2D eigenvalue weighted by Gasteiger charge is -2.14. The first kappa shape index (κ1) is 18.0. The first-order valence-electron chi connectivity index (χ1n) is 7.76. The van der Waals surface area contributed by atoms with E-state index in [1.165, 1.54) is 0 Å². The van der Waals surface area contributed by atoms with Crippen LogP contribution in [0.25, 0.3) is 0 Å². The highest BCUT2D eigenvalue weighted by atomic mass is 35.5. The molecule has 0 unspecified atom stereocenters. The molecule has 0 radical (unpaired) electrons. The van der Waals surface area contributed by atoms with Crippen LogP contribution in [0.2, 0.25) is 0 Å². The molecular formula is C19H20ClNO3. The van der Waals surface area contributed by atoms with E-state index in [9.17, 15) is 9.59 Å². The molecule has 2 aromatic carbocycles. The zero-order chi connectivity index (χ0) is 17.2. The Morgan fingerprint density at radius 2 is 1.54 bits per heavy atom. The number of alkyl halides is 1. The van der Waals surface area contributed by atoms with E-state index in [4.69, 9.17) is 16.3 Å². The van der Waals surface area contributed by atoms with Crippen molar-refractivity contribution in [1.82, 2.24) is 5.32 Å². The van der Waals surface area contributed by atoms with E-state index in [1.807, 2.05) is 60.7 Å². The molecule has 126 valence electrons. The van der Waals surface area contributed by atoms with Crippen molar-refractivity contribution in [2.24, 2.45) is 5.92 Å². The van der Waals surface area contributed by atoms with Crippen LogP contribution < -0.4 is 5.32 Å². The summed E-state index contributed by atoms with van der Waals surface area (Å²) in [5, 5.41) is 2.59. The Kier molecular flexibility index (Phi) is 7.30. The average Bonchev–Trinajstić information content (AvgIpc) is 2.64. The van der Waals surface area contributed by atoms with Gasteiger partial charge in [-0.3, -0.25) is 9.59 Å². The second-order valence-corrected chi connectivity index (χ2v) is 5.71. The predicted molar refractivity (Wildman–Crippen MR) is 93.6 cm³/mol. The monoisotopic (exact) mass is 345 g/mol. The molecule has 0 saturated carbocycles. The maximum absolute atomic E-state index is 12.2. The summed E-state index contributed by atoms with van der Waals surface area (Å²) in [6.07, 6.45) is 0.537. The van der Waals surface area contributed by atoms with E-state index in [-0.39, 0.29) is 30.9 Å². The smallest absolute Gasteiger partial charge is 0.325 e. The summed E-state index contributed by atoms with van der Waals surface area (Å²) in [5.41, 5.74) is 1.94. The minimum absolute atomic E-state index is 0.159. The van der Waals surface area contributed by atoms with Gasteiger partial charge in [0.2, 0.25) is 5.91 Å². The fourth-order valence-corrected chi connectivity index (χ4v) is 2.46. The minimum atomic E-state index is -0.472.